The van der Waals surface area contributed by atoms with E-state index < -0.39 is 41.2 Å². The Balaban J connectivity index is 3.26. The van der Waals surface area contributed by atoms with Gasteiger partial charge in [-0.25, -0.2) is 9.59 Å². The highest BCUT2D eigenvalue weighted by Crippen LogP contribution is 2.50. The molecule has 0 amide bonds. The van der Waals surface area contributed by atoms with Crippen LogP contribution < -0.4 is 5.32 Å². The van der Waals surface area contributed by atoms with Crippen molar-refractivity contribution in [1.29, 1.82) is 0 Å². The van der Waals surface area contributed by atoms with Crippen molar-refractivity contribution in [3.63, 3.8) is 0 Å². The fourth-order valence-electron chi connectivity index (χ4n) is 1.87. The summed E-state index contributed by atoms with van der Waals surface area (Å²) >= 11 is 0. The largest absolute Gasteiger partial charge is 0.466 e. The van der Waals surface area contributed by atoms with Crippen LogP contribution in [0.25, 0.3) is 0 Å². The third kappa shape index (κ3) is 4.70. The number of anilines is 1. The Bertz CT molecular complexity index is 710. The number of nitrogens with one attached hydrogen (secondary N) is 1. The van der Waals surface area contributed by atoms with E-state index >= 15 is 0 Å². The summed E-state index contributed by atoms with van der Waals surface area (Å²) in [5, 5.41) is 11.6. The maximum Gasteiger partial charge on any atom is 0.430 e. The molecule has 0 unspecified atom stereocenters. The normalized spacial score (nSPS) is 13.1. The minimum absolute atomic E-state index is 0.161. The van der Waals surface area contributed by atoms with E-state index in [9.17, 15) is 41.0 Å². The molecule has 1 aromatic rings. The second kappa shape index (κ2) is 7.86. The quantitative estimate of drug-likeness (QED) is 0.448. The summed E-state index contributed by atoms with van der Waals surface area (Å²) in [4.78, 5) is 22.8. The zero-order valence-corrected chi connectivity index (χ0v) is 13.7. The lowest BCUT2D eigenvalue weighted by molar-refractivity contribution is -0.376. The van der Waals surface area contributed by atoms with Crippen LogP contribution in [0.1, 0.15) is 5.56 Å². The molecule has 2 N–H and O–H groups in total. The van der Waals surface area contributed by atoms with Crippen molar-refractivity contribution < 1.29 is 50.5 Å². The van der Waals surface area contributed by atoms with Gasteiger partial charge in [0.1, 0.15) is 5.70 Å². The number of rotatable bonds is 5. The molecule has 6 nitrogen and oxygen atoms in total. The Morgan fingerprint density at radius 1 is 0.963 bits per heavy atom. The lowest BCUT2D eigenvalue weighted by Gasteiger charge is -2.32. The van der Waals surface area contributed by atoms with Crippen LogP contribution in [0.3, 0.4) is 0 Å². The molecule has 0 aromatic heterocycles. The van der Waals surface area contributed by atoms with Gasteiger partial charge in [0.15, 0.2) is 0 Å². The minimum Gasteiger partial charge on any atom is -0.466 e. The molecule has 1 aromatic carbocycles. The molecule has 0 heterocycles. The number of esters is 2. The maximum atomic E-state index is 12.8. The number of alkyl halides is 6. The van der Waals surface area contributed by atoms with Crippen molar-refractivity contribution in [2.75, 3.05) is 19.5 Å². The van der Waals surface area contributed by atoms with E-state index in [1.54, 1.807) is 0 Å². The number of aliphatic hydroxyl groups is 1. The lowest BCUT2D eigenvalue weighted by atomic mass is 9.92. The SMILES string of the molecule is COC(=O)/C=C(/Nc1ccc(C(O)(C(F)(F)F)C(F)(F)F)cc1)C(=O)OC. The first kappa shape index (κ1) is 22.3. The number of halogens is 6. The van der Waals surface area contributed by atoms with Crippen molar-refractivity contribution in [2.24, 2.45) is 0 Å². The summed E-state index contributed by atoms with van der Waals surface area (Å²) in [5.74, 6) is -2.02. The van der Waals surface area contributed by atoms with Crippen molar-refractivity contribution in [3.05, 3.63) is 41.6 Å². The predicted octanol–water partition coefficient (Wildman–Crippen LogP) is 2.64. The fraction of sp³-hybridized carbons (Fsp3) is 0.333. The first-order valence-electron chi connectivity index (χ1n) is 6.89. The van der Waals surface area contributed by atoms with E-state index in [0.717, 1.165) is 26.4 Å². The van der Waals surface area contributed by atoms with Crippen LogP contribution in [0.5, 0.6) is 0 Å². The number of hydrogen-bond acceptors (Lipinski definition) is 6. The van der Waals surface area contributed by atoms with E-state index in [1.165, 1.54) is 0 Å². The molecule has 0 spiro atoms. The van der Waals surface area contributed by atoms with E-state index in [4.69, 9.17) is 0 Å². The van der Waals surface area contributed by atoms with Crippen molar-refractivity contribution in [3.8, 4) is 0 Å². The van der Waals surface area contributed by atoms with Gasteiger partial charge in [-0.15, -0.1) is 0 Å². The summed E-state index contributed by atoms with van der Waals surface area (Å²) in [5.41, 5.74) is -7.21. The van der Waals surface area contributed by atoms with Crippen molar-refractivity contribution in [2.45, 2.75) is 18.0 Å². The van der Waals surface area contributed by atoms with Gasteiger partial charge in [-0.1, -0.05) is 12.1 Å². The van der Waals surface area contributed by atoms with Gasteiger partial charge in [0, 0.05) is 11.3 Å². The first-order chi connectivity index (χ1) is 12.3. The second-order valence-corrected chi connectivity index (χ2v) is 4.98. The standard InChI is InChI=1S/C15H13F6NO5/c1-26-11(23)7-10(12(24)27-2)22-9-5-3-8(4-6-9)13(25,14(16,17)18)15(19,20)21/h3-7,22,25H,1-2H3/b10-7+. The van der Waals surface area contributed by atoms with Gasteiger partial charge in [-0.2, -0.15) is 26.3 Å². The highest BCUT2D eigenvalue weighted by Gasteiger charge is 2.71. The van der Waals surface area contributed by atoms with Gasteiger partial charge in [-0.05, 0) is 12.1 Å². The number of ether oxygens (including phenoxy) is 2. The topological polar surface area (TPSA) is 84.9 Å². The molecule has 0 radical (unpaired) electrons. The van der Waals surface area contributed by atoms with Crippen LogP contribution in [0.15, 0.2) is 36.0 Å². The van der Waals surface area contributed by atoms with E-state index in [-0.39, 0.29) is 5.69 Å². The Labute approximate surface area is 148 Å². The first-order valence-corrected chi connectivity index (χ1v) is 6.89. The van der Waals surface area contributed by atoms with Crippen molar-refractivity contribution in [1.82, 2.24) is 0 Å². The second-order valence-electron chi connectivity index (χ2n) is 4.98. The average molecular weight is 401 g/mol. The number of benzene rings is 1. The number of methoxy groups -OCH3 is 2. The molecule has 0 aliphatic carbocycles. The lowest BCUT2D eigenvalue weighted by Crippen LogP contribution is -2.53. The van der Waals surface area contributed by atoms with Crippen LogP contribution in [-0.4, -0.2) is 43.6 Å². The Hall–Kier alpha value is -2.76. The molecular formula is C15H13F6NO5. The van der Waals surface area contributed by atoms with Crippen LogP contribution in [0, 0.1) is 0 Å². The molecule has 0 saturated carbocycles. The highest BCUT2D eigenvalue weighted by atomic mass is 19.4. The molecule has 12 heteroatoms. The summed E-state index contributed by atoms with van der Waals surface area (Å²) in [7, 11) is 1.99. The molecule has 27 heavy (non-hydrogen) atoms. The summed E-state index contributed by atoms with van der Waals surface area (Å²) in [6, 6.07) is 2.23. The number of carbonyl (C=O) groups is 2. The summed E-state index contributed by atoms with van der Waals surface area (Å²) in [6.07, 6.45) is -11.4. The van der Waals surface area contributed by atoms with Gasteiger partial charge >= 0.3 is 24.3 Å². The van der Waals surface area contributed by atoms with Gasteiger partial charge in [0.25, 0.3) is 5.60 Å². The van der Waals surface area contributed by atoms with E-state index in [1.807, 2.05) is 0 Å². The molecule has 0 fully saturated rings. The van der Waals surface area contributed by atoms with Crippen LogP contribution >= 0.6 is 0 Å². The molecule has 0 saturated heterocycles. The molecule has 1 rings (SSSR count). The average Bonchev–Trinajstić information content (AvgIpc) is 2.58. The highest BCUT2D eigenvalue weighted by molar-refractivity contribution is 5.98. The molecule has 150 valence electrons. The Morgan fingerprint density at radius 2 is 1.44 bits per heavy atom. The third-order valence-corrected chi connectivity index (χ3v) is 3.27. The molecule has 0 aliphatic rings. The van der Waals surface area contributed by atoms with E-state index in [0.29, 0.717) is 18.2 Å². The Morgan fingerprint density at radius 3 is 1.81 bits per heavy atom. The van der Waals surface area contributed by atoms with Crippen LogP contribution in [-0.2, 0) is 24.7 Å². The molecule has 0 aliphatic heterocycles. The minimum atomic E-state index is -6.03. The summed E-state index contributed by atoms with van der Waals surface area (Å²) < 4.78 is 85.6. The third-order valence-electron chi connectivity index (χ3n) is 3.27. The monoisotopic (exact) mass is 401 g/mol. The zero-order chi connectivity index (χ0) is 21.0. The Kier molecular flexibility index (Phi) is 6.49. The van der Waals surface area contributed by atoms with Gasteiger partial charge in [-0.3, -0.25) is 0 Å². The van der Waals surface area contributed by atoms with Gasteiger partial charge in [0.05, 0.1) is 20.3 Å². The molecular weight excluding hydrogens is 388 g/mol. The van der Waals surface area contributed by atoms with Crippen LogP contribution in [0.4, 0.5) is 32.0 Å². The predicted molar refractivity (Wildman–Crippen MR) is 78.2 cm³/mol. The van der Waals surface area contributed by atoms with Gasteiger partial charge < -0.3 is 19.9 Å². The zero-order valence-electron chi connectivity index (χ0n) is 13.7. The maximum absolute atomic E-state index is 12.8. The smallest absolute Gasteiger partial charge is 0.430 e. The molecule has 0 atom stereocenters. The van der Waals surface area contributed by atoms with Crippen molar-refractivity contribution >= 4 is 17.6 Å². The number of hydrogen-bond donors (Lipinski definition) is 2. The number of carbonyl (C=O) groups excluding carboxylic acids is 2. The van der Waals surface area contributed by atoms with Gasteiger partial charge in [0.2, 0.25) is 0 Å². The van der Waals surface area contributed by atoms with E-state index in [2.05, 4.69) is 14.8 Å². The molecule has 0 bridgehead atoms. The fourth-order valence-corrected chi connectivity index (χ4v) is 1.87. The van der Waals surface area contributed by atoms with Crippen LogP contribution in [0.2, 0.25) is 0 Å². The summed E-state index contributed by atoms with van der Waals surface area (Å²) in [6.45, 7) is 0.